The van der Waals surface area contributed by atoms with Crippen LogP contribution in [0, 0.1) is 11.3 Å². The maximum absolute atomic E-state index is 12.4. The Kier molecular flexibility index (Phi) is 4.43. The number of carbonyl (C=O) groups is 2. The average Bonchev–Trinajstić information content (AvgIpc) is 2.50. The summed E-state index contributed by atoms with van der Waals surface area (Å²) in [4.78, 5) is 26.6. The number of hydrogen-bond acceptors (Lipinski definition) is 3. The van der Waals surface area contributed by atoms with Crippen LogP contribution in [0.1, 0.15) is 17.5 Å². The Balaban J connectivity index is 2.22. The number of fused-ring (bicyclic) bond motifs is 1. The van der Waals surface area contributed by atoms with E-state index < -0.39 is 12.0 Å². The van der Waals surface area contributed by atoms with Gasteiger partial charge in [-0.1, -0.05) is 24.3 Å². The zero-order chi connectivity index (χ0) is 15.4. The summed E-state index contributed by atoms with van der Waals surface area (Å²) in [6.07, 6.45) is 0.535. The van der Waals surface area contributed by atoms with Gasteiger partial charge < -0.3 is 14.9 Å². The van der Waals surface area contributed by atoms with Crippen LogP contribution in [0.2, 0.25) is 0 Å². The highest BCUT2D eigenvalue weighted by Crippen LogP contribution is 2.24. The molecule has 1 N–H and O–H groups in total. The van der Waals surface area contributed by atoms with Crippen LogP contribution in [0.25, 0.3) is 0 Å². The molecule has 2 rings (SSSR count). The van der Waals surface area contributed by atoms with Gasteiger partial charge in [0.1, 0.15) is 6.04 Å². The van der Waals surface area contributed by atoms with E-state index in [1.807, 2.05) is 30.3 Å². The van der Waals surface area contributed by atoms with Crippen molar-refractivity contribution < 1.29 is 14.7 Å². The van der Waals surface area contributed by atoms with Crippen molar-refractivity contribution in [3.8, 4) is 6.07 Å². The standard InChI is InChI=1S/C15H17N3O3/c1-17(8-4-7-16)15(21)18-10-12-6-3-2-5-11(12)9-13(18)14(19)20/h2-3,5-6,13H,4,8-10H2,1H3,(H,19,20). The number of amides is 2. The Morgan fingerprint density at radius 2 is 2.10 bits per heavy atom. The number of carbonyl (C=O) groups excluding carboxylic acids is 1. The highest BCUT2D eigenvalue weighted by molar-refractivity contribution is 5.83. The summed E-state index contributed by atoms with van der Waals surface area (Å²) in [5.41, 5.74) is 1.94. The highest BCUT2D eigenvalue weighted by Gasteiger charge is 2.35. The monoisotopic (exact) mass is 287 g/mol. The van der Waals surface area contributed by atoms with Crippen LogP contribution in [0.3, 0.4) is 0 Å². The molecule has 1 aliphatic rings. The fraction of sp³-hybridized carbons (Fsp3) is 0.400. The molecule has 1 heterocycles. The van der Waals surface area contributed by atoms with Crippen LogP contribution >= 0.6 is 0 Å². The molecule has 21 heavy (non-hydrogen) atoms. The lowest BCUT2D eigenvalue weighted by atomic mass is 9.94. The van der Waals surface area contributed by atoms with E-state index in [9.17, 15) is 14.7 Å². The molecule has 1 aliphatic heterocycles. The van der Waals surface area contributed by atoms with Gasteiger partial charge in [-0.05, 0) is 11.1 Å². The number of aliphatic carboxylic acids is 1. The van der Waals surface area contributed by atoms with E-state index in [1.165, 1.54) is 9.80 Å². The van der Waals surface area contributed by atoms with Crippen molar-refractivity contribution in [2.45, 2.75) is 25.4 Å². The van der Waals surface area contributed by atoms with Crippen LogP contribution in [-0.4, -0.2) is 46.5 Å². The summed E-state index contributed by atoms with van der Waals surface area (Å²) < 4.78 is 0. The van der Waals surface area contributed by atoms with E-state index >= 15 is 0 Å². The lowest BCUT2D eigenvalue weighted by molar-refractivity contribution is -0.142. The molecule has 1 aromatic rings. The topological polar surface area (TPSA) is 84.6 Å². The Hall–Kier alpha value is -2.55. The summed E-state index contributed by atoms with van der Waals surface area (Å²) in [7, 11) is 1.58. The zero-order valence-electron chi connectivity index (χ0n) is 11.8. The molecule has 110 valence electrons. The summed E-state index contributed by atoms with van der Waals surface area (Å²) in [6, 6.07) is 8.31. The van der Waals surface area contributed by atoms with Crippen molar-refractivity contribution in [2.24, 2.45) is 0 Å². The molecule has 2 amide bonds. The molecule has 0 radical (unpaired) electrons. The van der Waals surface area contributed by atoms with Gasteiger partial charge in [-0.3, -0.25) is 0 Å². The first-order valence-electron chi connectivity index (χ1n) is 6.73. The number of carboxylic acid groups (broad SMARTS) is 1. The molecule has 0 fully saturated rings. The number of urea groups is 1. The highest BCUT2D eigenvalue weighted by atomic mass is 16.4. The zero-order valence-corrected chi connectivity index (χ0v) is 11.8. The smallest absolute Gasteiger partial charge is 0.326 e. The predicted molar refractivity (Wildman–Crippen MR) is 75.4 cm³/mol. The van der Waals surface area contributed by atoms with Crippen molar-refractivity contribution >= 4 is 12.0 Å². The minimum absolute atomic E-state index is 0.227. The SMILES string of the molecule is CN(CCC#N)C(=O)N1Cc2ccccc2CC1C(=O)O. The van der Waals surface area contributed by atoms with Crippen LogP contribution in [-0.2, 0) is 17.8 Å². The van der Waals surface area contributed by atoms with Crippen LogP contribution in [0.15, 0.2) is 24.3 Å². The second kappa shape index (κ2) is 6.27. The van der Waals surface area contributed by atoms with Crippen LogP contribution in [0.5, 0.6) is 0 Å². The first kappa shape index (κ1) is 14.9. The van der Waals surface area contributed by atoms with Gasteiger partial charge in [0.2, 0.25) is 0 Å². The molecule has 6 nitrogen and oxygen atoms in total. The quantitative estimate of drug-likeness (QED) is 0.912. The molecule has 1 unspecified atom stereocenters. The number of nitriles is 1. The summed E-state index contributed by atoms with van der Waals surface area (Å²) in [5, 5.41) is 18.0. The van der Waals surface area contributed by atoms with E-state index in [0.717, 1.165) is 11.1 Å². The van der Waals surface area contributed by atoms with Crippen LogP contribution < -0.4 is 0 Å². The number of nitrogens with zero attached hydrogens (tertiary/aromatic N) is 3. The largest absolute Gasteiger partial charge is 0.480 e. The minimum atomic E-state index is -1.01. The van der Waals surface area contributed by atoms with Gasteiger partial charge in [-0.25, -0.2) is 9.59 Å². The van der Waals surface area contributed by atoms with E-state index in [4.69, 9.17) is 5.26 Å². The Labute approximate surface area is 123 Å². The summed E-state index contributed by atoms with van der Waals surface area (Å²) in [5.74, 6) is -1.01. The molecule has 0 aromatic heterocycles. The third kappa shape index (κ3) is 3.14. The average molecular weight is 287 g/mol. The van der Waals surface area contributed by atoms with E-state index in [1.54, 1.807) is 7.05 Å². The third-order valence-electron chi connectivity index (χ3n) is 3.66. The number of benzene rings is 1. The van der Waals surface area contributed by atoms with Gasteiger partial charge >= 0.3 is 12.0 Å². The van der Waals surface area contributed by atoms with E-state index in [2.05, 4.69) is 0 Å². The first-order valence-corrected chi connectivity index (χ1v) is 6.73. The Morgan fingerprint density at radius 1 is 1.43 bits per heavy atom. The summed E-state index contributed by atoms with van der Waals surface area (Å²) >= 11 is 0. The van der Waals surface area contributed by atoms with Gasteiger partial charge in [0, 0.05) is 26.6 Å². The molecule has 0 saturated heterocycles. The van der Waals surface area contributed by atoms with Crippen molar-refractivity contribution in [3.63, 3.8) is 0 Å². The number of carboxylic acids is 1. The molecule has 1 atom stereocenters. The lowest BCUT2D eigenvalue weighted by Crippen LogP contribution is -2.52. The van der Waals surface area contributed by atoms with Gasteiger partial charge in [0.25, 0.3) is 0 Å². The second-order valence-corrected chi connectivity index (χ2v) is 5.07. The normalized spacial score (nSPS) is 16.8. The molecular formula is C15H17N3O3. The lowest BCUT2D eigenvalue weighted by Gasteiger charge is -2.36. The predicted octanol–water partition coefficient (Wildman–Crippen LogP) is 1.46. The number of hydrogen-bond donors (Lipinski definition) is 1. The van der Waals surface area contributed by atoms with E-state index in [0.29, 0.717) is 13.0 Å². The maximum atomic E-state index is 12.4. The van der Waals surface area contributed by atoms with Gasteiger partial charge in [0.15, 0.2) is 0 Å². The molecule has 0 spiro atoms. The maximum Gasteiger partial charge on any atom is 0.326 e. The molecule has 0 saturated carbocycles. The Bertz CT molecular complexity index is 594. The van der Waals surface area contributed by atoms with Crippen LogP contribution in [0.4, 0.5) is 4.79 Å². The van der Waals surface area contributed by atoms with Crippen molar-refractivity contribution in [2.75, 3.05) is 13.6 Å². The summed E-state index contributed by atoms with van der Waals surface area (Å²) in [6.45, 7) is 0.572. The van der Waals surface area contributed by atoms with Gasteiger partial charge in [-0.2, -0.15) is 5.26 Å². The molecule has 1 aromatic carbocycles. The second-order valence-electron chi connectivity index (χ2n) is 5.07. The molecule has 6 heteroatoms. The minimum Gasteiger partial charge on any atom is -0.480 e. The van der Waals surface area contributed by atoms with Crippen molar-refractivity contribution in [1.82, 2.24) is 9.80 Å². The fourth-order valence-electron chi connectivity index (χ4n) is 2.48. The van der Waals surface area contributed by atoms with Gasteiger partial charge in [-0.15, -0.1) is 0 Å². The van der Waals surface area contributed by atoms with E-state index in [-0.39, 0.29) is 19.0 Å². The fourth-order valence-corrected chi connectivity index (χ4v) is 2.48. The first-order chi connectivity index (χ1) is 10.0. The number of rotatable bonds is 3. The Morgan fingerprint density at radius 3 is 2.71 bits per heavy atom. The van der Waals surface area contributed by atoms with Crippen molar-refractivity contribution in [3.05, 3.63) is 35.4 Å². The van der Waals surface area contributed by atoms with Crippen molar-refractivity contribution in [1.29, 1.82) is 5.26 Å². The van der Waals surface area contributed by atoms with Gasteiger partial charge in [0.05, 0.1) is 12.5 Å². The molecule has 0 bridgehead atoms. The molecule has 0 aliphatic carbocycles. The molecular weight excluding hydrogens is 270 g/mol. The third-order valence-corrected chi connectivity index (χ3v) is 3.66.